The number of alkyl halides is 3. The molecule has 2 aromatic rings. The van der Waals surface area contributed by atoms with Crippen molar-refractivity contribution < 1.29 is 22.7 Å². The van der Waals surface area contributed by atoms with Crippen molar-refractivity contribution in [3.63, 3.8) is 0 Å². The summed E-state index contributed by atoms with van der Waals surface area (Å²) in [6, 6.07) is 13.3. The first-order chi connectivity index (χ1) is 10.9. The topological polar surface area (TPSA) is 38.7 Å². The van der Waals surface area contributed by atoms with Gasteiger partial charge in [0.25, 0.3) is 0 Å². The molecule has 0 unspecified atom stereocenters. The Kier molecular flexibility index (Phi) is 3.73. The average molecular weight is 317 g/mol. The molecule has 0 saturated heterocycles. The highest BCUT2D eigenvalue weighted by molar-refractivity contribution is 6.12. The molecule has 1 aliphatic heterocycles. The molecule has 0 bridgehead atoms. The number of esters is 1. The number of benzene rings is 2. The molecule has 6 heteroatoms. The molecule has 1 heterocycles. The Morgan fingerprint density at radius 2 is 1.61 bits per heavy atom. The van der Waals surface area contributed by atoms with Crippen molar-refractivity contribution in [2.24, 2.45) is 4.99 Å². The Hall–Kier alpha value is -2.89. The van der Waals surface area contributed by atoms with Crippen molar-refractivity contribution in [3.8, 4) is 0 Å². The van der Waals surface area contributed by atoms with E-state index in [4.69, 9.17) is 4.74 Å². The van der Waals surface area contributed by atoms with E-state index in [1.54, 1.807) is 24.3 Å². The van der Waals surface area contributed by atoms with Crippen LogP contribution in [-0.2, 0) is 15.7 Å². The van der Waals surface area contributed by atoms with Crippen LogP contribution in [0.1, 0.15) is 16.7 Å². The van der Waals surface area contributed by atoms with Gasteiger partial charge in [-0.2, -0.15) is 13.2 Å². The zero-order valence-electron chi connectivity index (χ0n) is 11.7. The number of rotatable bonds is 2. The van der Waals surface area contributed by atoms with Gasteiger partial charge in [0.05, 0.1) is 5.56 Å². The first kappa shape index (κ1) is 15.0. The van der Waals surface area contributed by atoms with Gasteiger partial charge in [0.2, 0.25) is 5.90 Å². The lowest BCUT2D eigenvalue weighted by Gasteiger charge is -2.05. The number of hydrogen-bond donors (Lipinski definition) is 0. The Bertz CT molecular complexity index is 791. The number of ether oxygens (including phenoxy) is 1. The van der Waals surface area contributed by atoms with Gasteiger partial charge in [-0.25, -0.2) is 9.79 Å². The fourth-order valence-electron chi connectivity index (χ4n) is 2.04. The molecular formula is C17H10F3NO2. The lowest BCUT2D eigenvalue weighted by atomic mass is 10.1. The zero-order chi connectivity index (χ0) is 16.4. The van der Waals surface area contributed by atoms with Crippen molar-refractivity contribution in [2.75, 3.05) is 0 Å². The third-order valence-corrected chi connectivity index (χ3v) is 3.18. The smallest absolute Gasteiger partial charge is 0.402 e. The third-order valence-electron chi connectivity index (χ3n) is 3.18. The highest BCUT2D eigenvalue weighted by Gasteiger charge is 2.30. The van der Waals surface area contributed by atoms with Crippen molar-refractivity contribution in [1.82, 2.24) is 0 Å². The fourth-order valence-corrected chi connectivity index (χ4v) is 2.04. The zero-order valence-corrected chi connectivity index (χ0v) is 11.7. The van der Waals surface area contributed by atoms with E-state index in [9.17, 15) is 18.0 Å². The van der Waals surface area contributed by atoms with E-state index in [0.717, 1.165) is 12.1 Å². The predicted molar refractivity (Wildman–Crippen MR) is 78.5 cm³/mol. The summed E-state index contributed by atoms with van der Waals surface area (Å²) in [6.45, 7) is 0. The average Bonchev–Trinajstić information content (AvgIpc) is 2.89. The van der Waals surface area contributed by atoms with Crippen LogP contribution in [0.25, 0.3) is 6.08 Å². The minimum absolute atomic E-state index is 0.0450. The Morgan fingerprint density at radius 1 is 0.957 bits per heavy atom. The van der Waals surface area contributed by atoms with E-state index in [1.807, 2.05) is 6.07 Å². The fraction of sp³-hybridized carbons (Fsp3) is 0.0588. The van der Waals surface area contributed by atoms with Crippen LogP contribution in [0.15, 0.2) is 65.3 Å². The summed E-state index contributed by atoms with van der Waals surface area (Å²) in [5, 5.41) is 0. The van der Waals surface area contributed by atoms with E-state index in [0.29, 0.717) is 11.1 Å². The molecule has 0 fully saturated rings. The van der Waals surface area contributed by atoms with Crippen molar-refractivity contribution in [2.45, 2.75) is 6.18 Å². The Labute approximate surface area is 129 Å². The van der Waals surface area contributed by atoms with Crippen LogP contribution in [0.5, 0.6) is 0 Å². The standard InChI is InChI=1S/C17H10F3NO2/c18-17(19,20)13-8-6-11(7-9-13)10-14-16(22)23-15(21-14)12-4-2-1-3-5-12/h1-10H. The molecule has 0 radical (unpaired) electrons. The molecule has 23 heavy (non-hydrogen) atoms. The predicted octanol–water partition coefficient (Wildman–Crippen LogP) is 4.05. The third kappa shape index (κ3) is 3.31. The first-order valence-corrected chi connectivity index (χ1v) is 6.69. The molecule has 0 aliphatic carbocycles. The number of nitrogens with zero attached hydrogens (tertiary/aromatic N) is 1. The summed E-state index contributed by atoms with van der Waals surface area (Å²) < 4.78 is 42.6. The summed E-state index contributed by atoms with van der Waals surface area (Å²) >= 11 is 0. The highest BCUT2D eigenvalue weighted by Crippen LogP contribution is 2.29. The van der Waals surface area contributed by atoms with Crippen molar-refractivity contribution in [3.05, 3.63) is 77.0 Å². The quantitative estimate of drug-likeness (QED) is 0.619. The Balaban J connectivity index is 1.88. The van der Waals surface area contributed by atoms with Crippen LogP contribution in [0.2, 0.25) is 0 Å². The van der Waals surface area contributed by atoms with Crippen LogP contribution in [0, 0.1) is 0 Å². The minimum atomic E-state index is -4.39. The van der Waals surface area contributed by atoms with Crippen LogP contribution in [0.4, 0.5) is 13.2 Å². The first-order valence-electron chi connectivity index (χ1n) is 6.69. The molecule has 0 aromatic heterocycles. The van der Waals surface area contributed by atoms with E-state index < -0.39 is 17.7 Å². The van der Waals surface area contributed by atoms with Crippen LogP contribution >= 0.6 is 0 Å². The van der Waals surface area contributed by atoms with E-state index in [-0.39, 0.29) is 11.6 Å². The molecule has 0 atom stereocenters. The van der Waals surface area contributed by atoms with Crippen LogP contribution in [0.3, 0.4) is 0 Å². The largest absolute Gasteiger partial charge is 0.416 e. The van der Waals surface area contributed by atoms with E-state index in [1.165, 1.54) is 18.2 Å². The summed E-state index contributed by atoms with van der Waals surface area (Å²) in [5.74, 6) is -0.461. The molecule has 2 aromatic carbocycles. The minimum Gasteiger partial charge on any atom is -0.402 e. The second-order valence-corrected chi connectivity index (χ2v) is 4.82. The normalized spacial score (nSPS) is 16.4. The van der Waals surface area contributed by atoms with Crippen LogP contribution in [-0.4, -0.2) is 11.9 Å². The van der Waals surface area contributed by atoms with Gasteiger partial charge in [-0.3, -0.25) is 0 Å². The molecule has 0 saturated carbocycles. The van der Waals surface area contributed by atoms with Crippen LogP contribution < -0.4 is 0 Å². The maximum absolute atomic E-state index is 12.5. The lowest BCUT2D eigenvalue weighted by molar-refractivity contribution is -0.137. The molecule has 0 N–H and O–H groups in total. The van der Waals surface area contributed by atoms with Gasteiger partial charge in [-0.15, -0.1) is 0 Å². The Morgan fingerprint density at radius 3 is 2.22 bits per heavy atom. The second-order valence-electron chi connectivity index (χ2n) is 4.82. The molecule has 0 spiro atoms. The number of halogens is 3. The number of hydrogen-bond acceptors (Lipinski definition) is 3. The summed E-state index contributed by atoms with van der Waals surface area (Å²) in [6.07, 6.45) is -3.00. The summed E-state index contributed by atoms with van der Waals surface area (Å²) in [5.41, 5.74) is 0.380. The molecule has 3 nitrogen and oxygen atoms in total. The number of carbonyl (C=O) groups is 1. The molecule has 116 valence electrons. The maximum Gasteiger partial charge on any atom is 0.416 e. The van der Waals surface area contributed by atoms with E-state index in [2.05, 4.69) is 4.99 Å². The number of aliphatic imine (C=N–C) groups is 1. The van der Waals surface area contributed by atoms with Gasteiger partial charge in [-0.1, -0.05) is 30.3 Å². The van der Waals surface area contributed by atoms with Crippen molar-refractivity contribution in [1.29, 1.82) is 0 Å². The van der Waals surface area contributed by atoms with Gasteiger partial charge < -0.3 is 4.74 Å². The SMILES string of the molecule is O=C1OC(c2ccccc2)=NC1=Cc1ccc(C(F)(F)F)cc1. The molecule has 1 aliphatic rings. The van der Waals surface area contributed by atoms with Gasteiger partial charge in [0.15, 0.2) is 5.70 Å². The maximum atomic E-state index is 12.5. The van der Waals surface area contributed by atoms with Gasteiger partial charge in [0, 0.05) is 5.56 Å². The lowest BCUT2D eigenvalue weighted by Crippen LogP contribution is -2.05. The van der Waals surface area contributed by atoms with Gasteiger partial charge in [-0.05, 0) is 35.9 Å². The monoisotopic (exact) mass is 317 g/mol. The van der Waals surface area contributed by atoms with Crippen molar-refractivity contribution >= 4 is 17.9 Å². The molecule has 3 rings (SSSR count). The van der Waals surface area contributed by atoms with Gasteiger partial charge in [0.1, 0.15) is 0 Å². The number of carbonyl (C=O) groups excluding carboxylic acids is 1. The second kappa shape index (κ2) is 5.72. The summed E-state index contributed by atoms with van der Waals surface area (Å²) in [7, 11) is 0. The highest BCUT2D eigenvalue weighted by atomic mass is 19.4. The van der Waals surface area contributed by atoms with E-state index >= 15 is 0 Å². The summed E-state index contributed by atoms with van der Waals surface area (Å²) in [4.78, 5) is 15.9. The van der Waals surface area contributed by atoms with Gasteiger partial charge >= 0.3 is 12.1 Å². The number of cyclic esters (lactones) is 1. The molecular weight excluding hydrogens is 307 g/mol. The molecule has 0 amide bonds.